The average molecular weight is 454 g/mol. The van der Waals surface area contributed by atoms with Crippen molar-refractivity contribution in [1.82, 2.24) is 10.2 Å². The van der Waals surface area contributed by atoms with Gasteiger partial charge in [0.15, 0.2) is 0 Å². The molecule has 172 valence electrons. The molecule has 2 fully saturated rings. The van der Waals surface area contributed by atoms with Gasteiger partial charge in [-0.2, -0.15) is 0 Å². The first-order valence-electron chi connectivity index (χ1n) is 10.3. The topological polar surface area (TPSA) is 153 Å². The van der Waals surface area contributed by atoms with Crippen LogP contribution in [0.5, 0.6) is 11.5 Å². The number of fused-ring (bicyclic) bond motifs is 1. The molecule has 10 heteroatoms. The van der Waals surface area contributed by atoms with Gasteiger partial charge in [0, 0.05) is 6.04 Å². The van der Waals surface area contributed by atoms with E-state index in [-0.39, 0.29) is 6.54 Å². The molecule has 2 amide bonds. The van der Waals surface area contributed by atoms with Crippen molar-refractivity contribution < 1.29 is 39.2 Å². The van der Waals surface area contributed by atoms with E-state index in [9.17, 15) is 34.5 Å². The molecule has 2 aromatic rings. The molecule has 0 aliphatic carbocycles. The van der Waals surface area contributed by atoms with Crippen molar-refractivity contribution in [3.63, 3.8) is 0 Å². The molecule has 33 heavy (non-hydrogen) atoms. The fourth-order valence-electron chi connectivity index (χ4n) is 4.71. The van der Waals surface area contributed by atoms with E-state index < -0.39 is 60.2 Å². The Bertz CT molecular complexity index is 1090. The van der Waals surface area contributed by atoms with E-state index in [0.717, 1.165) is 4.90 Å². The summed E-state index contributed by atoms with van der Waals surface area (Å²) in [4.78, 5) is 50.7. The number of rotatable bonds is 8. The molecule has 0 saturated carbocycles. The number of ether oxygens (including phenoxy) is 1. The van der Waals surface area contributed by atoms with Gasteiger partial charge in [0.2, 0.25) is 11.8 Å². The fourth-order valence-corrected chi connectivity index (χ4v) is 4.71. The Balaban J connectivity index is 1.70. The maximum atomic E-state index is 13.1. The number of likely N-dealkylation sites (tertiary alicyclic amines) is 1. The minimum atomic E-state index is -2.17. The van der Waals surface area contributed by atoms with E-state index in [1.54, 1.807) is 36.4 Å². The second-order valence-corrected chi connectivity index (χ2v) is 8.01. The van der Waals surface area contributed by atoms with Crippen LogP contribution < -0.4 is 10.1 Å². The zero-order valence-corrected chi connectivity index (χ0v) is 17.4. The number of aliphatic hydroxyl groups excluding tert-OH is 1. The van der Waals surface area contributed by atoms with Gasteiger partial charge in [0.05, 0.1) is 31.4 Å². The molecule has 0 radical (unpaired) electrons. The third kappa shape index (κ3) is 3.83. The number of β-amino-alcohol motifs (C(OH)–C–C–N with tert-alkyl or cyclic N) is 1. The largest absolute Gasteiger partial charge is 0.481 e. The van der Waals surface area contributed by atoms with E-state index in [4.69, 9.17) is 4.74 Å². The number of imide groups is 1. The van der Waals surface area contributed by atoms with E-state index >= 15 is 0 Å². The molecule has 4 atom stereocenters. The number of amides is 2. The second-order valence-electron chi connectivity index (χ2n) is 8.01. The summed E-state index contributed by atoms with van der Waals surface area (Å²) in [5.41, 5.74) is -1.66. The molecular formula is C23H22N2O8. The Kier molecular flexibility index (Phi) is 5.88. The summed E-state index contributed by atoms with van der Waals surface area (Å²) in [6.45, 7) is -0.774. The first-order valence-corrected chi connectivity index (χ1v) is 10.3. The molecule has 2 heterocycles. The molecule has 2 aliphatic rings. The van der Waals surface area contributed by atoms with Crippen molar-refractivity contribution in [3.05, 3.63) is 60.2 Å². The van der Waals surface area contributed by atoms with Crippen LogP contribution in [0.4, 0.5) is 0 Å². The van der Waals surface area contributed by atoms with Crippen LogP contribution in [0.3, 0.4) is 0 Å². The molecule has 4 rings (SSSR count). The quantitative estimate of drug-likeness (QED) is 0.428. The maximum Gasteiger partial charge on any atom is 0.325 e. The summed E-state index contributed by atoms with van der Waals surface area (Å²) in [6.07, 6.45) is -0.888. The van der Waals surface area contributed by atoms with E-state index in [0.29, 0.717) is 17.1 Å². The number of nitrogens with zero attached hydrogens (tertiary/aromatic N) is 1. The molecule has 2 aromatic carbocycles. The molecular weight excluding hydrogens is 432 g/mol. The van der Waals surface area contributed by atoms with Gasteiger partial charge in [-0.05, 0) is 29.8 Å². The number of carbonyl (C=O) groups excluding carboxylic acids is 2. The second kappa shape index (κ2) is 8.64. The number of aliphatic hydroxyl groups is 1. The molecule has 10 nitrogen and oxygen atoms in total. The Hall–Kier alpha value is -3.76. The van der Waals surface area contributed by atoms with Gasteiger partial charge in [-0.3, -0.25) is 29.4 Å². The molecule has 4 N–H and O–H groups in total. The van der Waals surface area contributed by atoms with E-state index in [2.05, 4.69) is 5.32 Å². The van der Waals surface area contributed by atoms with Crippen molar-refractivity contribution in [2.75, 3.05) is 13.2 Å². The van der Waals surface area contributed by atoms with Gasteiger partial charge >= 0.3 is 11.9 Å². The monoisotopic (exact) mass is 454 g/mol. The number of hydrogen-bond acceptors (Lipinski definition) is 7. The van der Waals surface area contributed by atoms with Crippen LogP contribution in [-0.2, 0) is 19.2 Å². The summed E-state index contributed by atoms with van der Waals surface area (Å²) in [7, 11) is 0. The summed E-state index contributed by atoms with van der Waals surface area (Å²) < 4.78 is 5.75. The van der Waals surface area contributed by atoms with Gasteiger partial charge in [0.1, 0.15) is 17.0 Å². The first kappa shape index (κ1) is 22.4. The van der Waals surface area contributed by atoms with Crippen LogP contribution in [0.15, 0.2) is 54.6 Å². The number of carbonyl (C=O) groups is 4. The lowest BCUT2D eigenvalue weighted by Crippen LogP contribution is -2.57. The number of aliphatic carboxylic acids is 2. The summed E-state index contributed by atoms with van der Waals surface area (Å²) >= 11 is 0. The number of para-hydroxylation sites is 1. The van der Waals surface area contributed by atoms with Crippen LogP contribution in [0, 0.1) is 11.8 Å². The predicted molar refractivity (Wildman–Crippen MR) is 112 cm³/mol. The molecule has 0 aromatic heterocycles. The highest BCUT2D eigenvalue weighted by Crippen LogP contribution is 2.50. The summed E-state index contributed by atoms with van der Waals surface area (Å²) in [5, 5.41) is 31.4. The number of benzene rings is 2. The SMILES string of the molecule is O=C(O)CC1(C(=O)O)NC(c2ccc(Oc3ccccc3)cc2)C2C(=O)N(CCO)C(=O)C21. The molecule has 2 aliphatic heterocycles. The highest BCUT2D eigenvalue weighted by Gasteiger charge is 2.68. The van der Waals surface area contributed by atoms with Gasteiger partial charge in [-0.15, -0.1) is 0 Å². The summed E-state index contributed by atoms with van der Waals surface area (Å²) in [5.74, 6) is -5.82. The highest BCUT2D eigenvalue weighted by molar-refractivity contribution is 6.10. The number of hydrogen-bond donors (Lipinski definition) is 4. The summed E-state index contributed by atoms with van der Waals surface area (Å²) in [6, 6.07) is 14.7. The van der Waals surface area contributed by atoms with Crippen LogP contribution >= 0.6 is 0 Å². The van der Waals surface area contributed by atoms with Crippen LogP contribution in [0.25, 0.3) is 0 Å². The lowest BCUT2D eigenvalue weighted by atomic mass is 9.77. The Morgan fingerprint density at radius 1 is 0.970 bits per heavy atom. The van der Waals surface area contributed by atoms with E-state index in [1.165, 1.54) is 0 Å². The Morgan fingerprint density at radius 2 is 1.61 bits per heavy atom. The van der Waals surface area contributed by atoms with Gasteiger partial charge in [0.25, 0.3) is 0 Å². The van der Waals surface area contributed by atoms with Gasteiger partial charge < -0.3 is 20.1 Å². The van der Waals surface area contributed by atoms with Gasteiger partial charge in [-0.25, -0.2) is 0 Å². The minimum Gasteiger partial charge on any atom is -0.481 e. The average Bonchev–Trinajstić information content (AvgIpc) is 3.25. The highest BCUT2D eigenvalue weighted by atomic mass is 16.5. The third-order valence-corrected chi connectivity index (χ3v) is 6.10. The Labute approximate surface area is 188 Å². The zero-order chi connectivity index (χ0) is 23.8. The van der Waals surface area contributed by atoms with E-state index in [1.807, 2.05) is 18.2 Å². The fraction of sp³-hybridized carbons (Fsp3) is 0.304. The normalized spacial score (nSPS) is 26.3. The predicted octanol–water partition coefficient (Wildman–Crippen LogP) is 1.01. The van der Waals surface area contributed by atoms with Crippen LogP contribution in [-0.4, -0.2) is 62.7 Å². The number of carboxylic acids is 2. The molecule has 0 spiro atoms. The smallest absolute Gasteiger partial charge is 0.325 e. The number of carboxylic acid groups (broad SMARTS) is 2. The third-order valence-electron chi connectivity index (χ3n) is 6.10. The zero-order valence-electron chi connectivity index (χ0n) is 17.4. The first-order chi connectivity index (χ1) is 15.8. The molecule has 4 unspecified atom stereocenters. The number of nitrogens with one attached hydrogen (secondary N) is 1. The lowest BCUT2D eigenvalue weighted by Gasteiger charge is -2.29. The minimum absolute atomic E-state index is 0.288. The van der Waals surface area contributed by atoms with Crippen molar-refractivity contribution in [3.8, 4) is 11.5 Å². The lowest BCUT2D eigenvalue weighted by molar-refractivity contribution is -0.156. The van der Waals surface area contributed by atoms with Crippen LogP contribution in [0.2, 0.25) is 0 Å². The Morgan fingerprint density at radius 3 is 2.18 bits per heavy atom. The van der Waals surface area contributed by atoms with Gasteiger partial charge in [-0.1, -0.05) is 30.3 Å². The van der Waals surface area contributed by atoms with Crippen molar-refractivity contribution in [1.29, 1.82) is 0 Å². The van der Waals surface area contributed by atoms with Crippen LogP contribution in [0.1, 0.15) is 18.0 Å². The molecule has 0 bridgehead atoms. The standard InChI is InChI=1S/C23H22N2O8/c26-11-10-25-20(29)17-18(21(25)30)23(22(31)32,12-16(27)28)24-19(17)13-6-8-15(9-7-13)33-14-4-2-1-3-5-14/h1-9,17-19,24,26H,10-12H2,(H,27,28)(H,31,32). The van der Waals surface area contributed by atoms with Crippen molar-refractivity contribution in [2.24, 2.45) is 11.8 Å². The maximum absolute atomic E-state index is 13.1. The van der Waals surface area contributed by atoms with Crippen molar-refractivity contribution in [2.45, 2.75) is 18.0 Å². The van der Waals surface area contributed by atoms with Crippen molar-refractivity contribution >= 4 is 23.8 Å². The molecule has 2 saturated heterocycles.